The summed E-state index contributed by atoms with van der Waals surface area (Å²) in [5.74, 6) is 0.120. The van der Waals surface area contributed by atoms with E-state index in [9.17, 15) is 4.79 Å². The van der Waals surface area contributed by atoms with Gasteiger partial charge in [0.15, 0.2) is 0 Å². The minimum Gasteiger partial charge on any atom is -0.354 e. The maximum absolute atomic E-state index is 12.6. The number of carbonyl (C=O) groups excluding carboxylic acids is 1. The molecule has 0 radical (unpaired) electrons. The molecule has 96 valence electrons. The number of rotatable bonds is 1. The second kappa shape index (κ2) is 4.73. The van der Waals surface area contributed by atoms with Crippen molar-refractivity contribution in [2.45, 2.75) is 37.8 Å². The van der Waals surface area contributed by atoms with Gasteiger partial charge in [0.05, 0.1) is 6.61 Å². The summed E-state index contributed by atoms with van der Waals surface area (Å²) in [7, 11) is 0. The monoisotopic (exact) mass is 245 g/mol. The number of benzene rings is 1. The van der Waals surface area contributed by atoms with Gasteiger partial charge >= 0.3 is 0 Å². The van der Waals surface area contributed by atoms with Crippen LogP contribution in [0, 0.1) is 0 Å². The van der Waals surface area contributed by atoms with Crippen LogP contribution in [-0.2, 0) is 4.74 Å². The molecule has 3 heteroatoms. The van der Waals surface area contributed by atoms with Crippen molar-refractivity contribution in [1.82, 2.24) is 4.90 Å². The van der Waals surface area contributed by atoms with E-state index in [1.165, 1.54) is 19.3 Å². The van der Waals surface area contributed by atoms with E-state index < -0.39 is 0 Å². The van der Waals surface area contributed by atoms with Crippen LogP contribution >= 0.6 is 0 Å². The van der Waals surface area contributed by atoms with Crippen molar-refractivity contribution in [1.29, 1.82) is 0 Å². The third-order valence-corrected chi connectivity index (χ3v) is 4.08. The largest absolute Gasteiger partial charge is 0.354 e. The van der Waals surface area contributed by atoms with E-state index in [0.717, 1.165) is 24.9 Å². The van der Waals surface area contributed by atoms with Gasteiger partial charge in [0, 0.05) is 12.1 Å². The Morgan fingerprint density at radius 3 is 2.56 bits per heavy atom. The highest BCUT2D eigenvalue weighted by molar-refractivity contribution is 5.94. The van der Waals surface area contributed by atoms with Gasteiger partial charge in [0.25, 0.3) is 5.91 Å². The first-order chi connectivity index (χ1) is 8.82. The van der Waals surface area contributed by atoms with Crippen molar-refractivity contribution in [3.05, 3.63) is 35.9 Å². The van der Waals surface area contributed by atoms with Gasteiger partial charge in [-0.25, -0.2) is 0 Å². The van der Waals surface area contributed by atoms with E-state index in [2.05, 4.69) is 0 Å². The zero-order valence-corrected chi connectivity index (χ0v) is 10.6. The van der Waals surface area contributed by atoms with Crippen molar-refractivity contribution in [3.8, 4) is 0 Å². The minimum absolute atomic E-state index is 0.120. The summed E-state index contributed by atoms with van der Waals surface area (Å²) >= 11 is 0. The average molecular weight is 245 g/mol. The highest BCUT2D eigenvalue weighted by Crippen LogP contribution is 2.38. The van der Waals surface area contributed by atoms with Crippen LogP contribution in [-0.4, -0.2) is 29.7 Å². The molecule has 0 bridgehead atoms. The van der Waals surface area contributed by atoms with Gasteiger partial charge in [-0.05, 0) is 37.8 Å². The van der Waals surface area contributed by atoms with Crippen molar-refractivity contribution in [2.24, 2.45) is 0 Å². The summed E-state index contributed by atoms with van der Waals surface area (Å²) in [4.78, 5) is 14.5. The number of hydrogen-bond acceptors (Lipinski definition) is 2. The molecule has 0 unspecified atom stereocenters. The van der Waals surface area contributed by atoms with Crippen LogP contribution < -0.4 is 0 Å². The lowest BCUT2D eigenvalue weighted by Gasteiger charge is -2.40. The van der Waals surface area contributed by atoms with Crippen molar-refractivity contribution in [2.75, 3.05) is 13.2 Å². The Balaban J connectivity index is 1.84. The molecule has 2 fully saturated rings. The van der Waals surface area contributed by atoms with Crippen LogP contribution in [0.25, 0.3) is 0 Å². The molecule has 1 spiro atoms. The lowest BCUT2D eigenvalue weighted by molar-refractivity contribution is -0.0919. The number of amides is 1. The molecular formula is C15H19NO2. The molecule has 2 aliphatic rings. The quantitative estimate of drug-likeness (QED) is 0.761. The molecule has 1 amide bonds. The smallest absolute Gasteiger partial charge is 0.256 e. The van der Waals surface area contributed by atoms with E-state index in [1.54, 1.807) is 0 Å². The fourth-order valence-corrected chi connectivity index (χ4v) is 3.15. The molecule has 1 saturated heterocycles. The Morgan fingerprint density at radius 2 is 1.83 bits per heavy atom. The summed E-state index contributed by atoms with van der Waals surface area (Å²) in [6.07, 6.45) is 5.58. The van der Waals surface area contributed by atoms with E-state index in [1.807, 2.05) is 35.2 Å². The Labute approximate surface area is 108 Å². The molecule has 0 N–H and O–H groups in total. The zero-order valence-electron chi connectivity index (χ0n) is 10.6. The number of hydrogen-bond donors (Lipinski definition) is 0. The van der Waals surface area contributed by atoms with Crippen molar-refractivity contribution < 1.29 is 9.53 Å². The summed E-state index contributed by atoms with van der Waals surface area (Å²) < 4.78 is 5.94. The van der Waals surface area contributed by atoms with Gasteiger partial charge in [-0.15, -0.1) is 0 Å². The molecule has 1 saturated carbocycles. The number of nitrogens with zero attached hydrogens (tertiary/aromatic N) is 1. The Morgan fingerprint density at radius 1 is 1.11 bits per heavy atom. The van der Waals surface area contributed by atoms with Crippen LogP contribution in [0.1, 0.15) is 42.5 Å². The fraction of sp³-hybridized carbons (Fsp3) is 0.533. The molecule has 1 aromatic rings. The van der Waals surface area contributed by atoms with Gasteiger partial charge in [-0.3, -0.25) is 4.79 Å². The first-order valence-corrected chi connectivity index (χ1v) is 6.83. The van der Waals surface area contributed by atoms with Crippen LogP contribution in [0.5, 0.6) is 0 Å². The fourth-order valence-electron chi connectivity index (χ4n) is 3.15. The third kappa shape index (κ3) is 1.93. The summed E-state index contributed by atoms with van der Waals surface area (Å²) in [6, 6.07) is 9.54. The standard InChI is InChI=1S/C15H19NO2/c17-14(13-7-3-1-4-8-13)16-11-12-18-15(16)9-5-2-6-10-15/h1,3-4,7-8H,2,5-6,9-12H2. The van der Waals surface area contributed by atoms with Crippen molar-refractivity contribution >= 4 is 5.91 Å². The minimum atomic E-state index is -0.300. The molecule has 0 aromatic heterocycles. The second-order valence-electron chi connectivity index (χ2n) is 5.18. The number of ether oxygens (including phenoxy) is 1. The topological polar surface area (TPSA) is 29.5 Å². The lowest BCUT2D eigenvalue weighted by atomic mass is 9.90. The molecule has 18 heavy (non-hydrogen) atoms. The van der Waals surface area contributed by atoms with Crippen LogP contribution in [0.15, 0.2) is 30.3 Å². The van der Waals surface area contributed by atoms with Crippen LogP contribution in [0.2, 0.25) is 0 Å². The van der Waals surface area contributed by atoms with Crippen LogP contribution in [0.3, 0.4) is 0 Å². The normalized spacial score (nSPS) is 22.3. The first kappa shape index (κ1) is 11.7. The molecular weight excluding hydrogens is 226 g/mol. The van der Waals surface area contributed by atoms with Gasteiger partial charge in [-0.2, -0.15) is 0 Å². The molecule has 3 nitrogen and oxygen atoms in total. The third-order valence-electron chi connectivity index (χ3n) is 4.08. The van der Waals surface area contributed by atoms with Gasteiger partial charge in [0.1, 0.15) is 5.72 Å². The summed E-state index contributed by atoms with van der Waals surface area (Å²) in [5.41, 5.74) is 0.471. The second-order valence-corrected chi connectivity index (χ2v) is 5.18. The molecule has 1 aromatic carbocycles. The zero-order chi connectivity index (χ0) is 12.4. The Bertz CT molecular complexity index is 423. The predicted molar refractivity (Wildman–Crippen MR) is 69.2 cm³/mol. The highest BCUT2D eigenvalue weighted by atomic mass is 16.5. The Kier molecular flexibility index (Phi) is 3.08. The SMILES string of the molecule is O=C(c1ccccc1)N1CCOC12CCCCC2. The number of carbonyl (C=O) groups is 1. The Hall–Kier alpha value is -1.35. The van der Waals surface area contributed by atoms with E-state index in [0.29, 0.717) is 6.61 Å². The van der Waals surface area contributed by atoms with Gasteiger partial charge < -0.3 is 9.64 Å². The first-order valence-electron chi connectivity index (χ1n) is 6.83. The summed E-state index contributed by atoms with van der Waals surface area (Å²) in [6.45, 7) is 1.41. The van der Waals surface area contributed by atoms with E-state index >= 15 is 0 Å². The molecule has 0 atom stereocenters. The maximum Gasteiger partial charge on any atom is 0.256 e. The lowest BCUT2D eigenvalue weighted by Crippen LogP contribution is -2.49. The van der Waals surface area contributed by atoms with Gasteiger partial charge in [0.2, 0.25) is 0 Å². The van der Waals surface area contributed by atoms with Gasteiger partial charge in [-0.1, -0.05) is 24.6 Å². The van der Waals surface area contributed by atoms with Crippen molar-refractivity contribution in [3.63, 3.8) is 0 Å². The van der Waals surface area contributed by atoms with E-state index in [-0.39, 0.29) is 11.6 Å². The highest BCUT2D eigenvalue weighted by Gasteiger charge is 2.45. The maximum atomic E-state index is 12.6. The van der Waals surface area contributed by atoms with E-state index in [4.69, 9.17) is 4.74 Å². The molecule has 3 rings (SSSR count). The molecule has 1 aliphatic heterocycles. The molecule has 1 heterocycles. The summed E-state index contributed by atoms with van der Waals surface area (Å²) in [5, 5.41) is 0. The molecule has 1 aliphatic carbocycles. The van der Waals surface area contributed by atoms with Crippen LogP contribution in [0.4, 0.5) is 0 Å². The average Bonchev–Trinajstić information content (AvgIpc) is 2.83. The predicted octanol–water partition coefficient (Wildman–Crippen LogP) is 2.82.